The van der Waals surface area contributed by atoms with E-state index in [1.54, 1.807) is 0 Å². The van der Waals surface area contributed by atoms with Crippen LogP contribution in [0, 0.1) is 5.92 Å². The summed E-state index contributed by atoms with van der Waals surface area (Å²) in [7, 11) is 0. The van der Waals surface area contributed by atoms with E-state index in [9.17, 15) is 4.79 Å². The van der Waals surface area contributed by atoms with Crippen LogP contribution in [-0.2, 0) is 4.79 Å². The standard InChI is InChI=1S/C9H16N2O/c1-6(7-2-3-7)11-5-4-8(10)9(11)12/h6-8H,2-5,10H2,1H3. The van der Waals surface area contributed by atoms with E-state index in [-0.39, 0.29) is 11.9 Å². The molecule has 2 N–H and O–H groups in total. The molecule has 3 heteroatoms. The molecule has 1 saturated carbocycles. The average molecular weight is 168 g/mol. The lowest BCUT2D eigenvalue weighted by Gasteiger charge is -2.24. The molecule has 1 saturated heterocycles. The van der Waals surface area contributed by atoms with Crippen LogP contribution in [0.1, 0.15) is 26.2 Å². The maximum absolute atomic E-state index is 11.5. The van der Waals surface area contributed by atoms with Crippen molar-refractivity contribution >= 4 is 5.91 Å². The molecule has 68 valence electrons. The Labute approximate surface area is 72.9 Å². The van der Waals surface area contributed by atoms with Gasteiger partial charge in [0, 0.05) is 12.6 Å². The van der Waals surface area contributed by atoms with Crippen LogP contribution in [-0.4, -0.2) is 29.4 Å². The minimum Gasteiger partial charge on any atom is -0.338 e. The van der Waals surface area contributed by atoms with E-state index in [2.05, 4.69) is 6.92 Å². The fraction of sp³-hybridized carbons (Fsp3) is 0.889. The topological polar surface area (TPSA) is 46.3 Å². The van der Waals surface area contributed by atoms with Gasteiger partial charge in [0.2, 0.25) is 5.91 Å². The van der Waals surface area contributed by atoms with Crippen molar-refractivity contribution in [3.05, 3.63) is 0 Å². The van der Waals surface area contributed by atoms with Crippen molar-refractivity contribution in [2.24, 2.45) is 11.7 Å². The van der Waals surface area contributed by atoms with Crippen LogP contribution < -0.4 is 5.73 Å². The molecule has 2 atom stereocenters. The monoisotopic (exact) mass is 168 g/mol. The van der Waals surface area contributed by atoms with E-state index in [0.717, 1.165) is 18.9 Å². The van der Waals surface area contributed by atoms with Gasteiger partial charge in [-0.3, -0.25) is 4.79 Å². The maximum atomic E-state index is 11.5. The third-order valence-corrected chi connectivity index (χ3v) is 3.08. The Hall–Kier alpha value is -0.570. The molecule has 12 heavy (non-hydrogen) atoms. The summed E-state index contributed by atoms with van der Waals surface area (Å²) >= 11 is 0. The number of hydrogen-bond donors (Lipinski definition) is 1. The zero-order valence-corrected chi connectivity index (χ0v) is 7.49. The van der Waals surface area contributed by atoms with Gasteiger partial charge in [-0.05, 0) is 32.1 Å². The second-order valence-electron chi connectivity index (χ2n) is 4.00. The molecule has 2 aliphatic rings. The molecular weight excluding hydrogens is 152 g/mol. The minimum atomic E-state index is -0.216. The fourth-order valence-corrected chi connectivity index (χ4v) is 1.96. The molecule has 3 nitrogen and oxygen atoms in total. The molecule has 0 radical (unpaired) electrons. The number of carbonyl (C=O) groups is 1. The van der Waals surface area contributed by atoms with Crippen molar-refractivity contribution in [3.63, 3.8) is 0 Å². The van der Waals surface area contributed by atoms with Crippen molar-refractivity contribution in [2.75, 3.05) is 6.54 Å². The molecule has 0 aromatic heterocycles. The van der Waals surface area contributed by atoms with Crippen LogP contribution in [0.4, 0.5) is 0 Å². The normalized spacial score (nSPS) is 32.7. The van der Waals surface area contributed by atoms with Gasteiger partial charge in [0.15, 0.2) is 0 Å². The summed E-state index contributed by atoms with van der Waals surface area (Å²) in [4.78, 5) is 13.4. The van der Waals surface area contributed by atoms with Crippen molar-refractivity contribution in [1.82, 2.24) is 4.90 Å². The van der Waals surface area contributed by atoms with Crippen molar-refractivity contribution in [3.8, 4) is 0 Å². The molecule has 1 aliphatic carbocycles. The first-order valence-electron chi connectivity index (χ1n) is 4.76. The van der Waals surface area contributed by atoms with Crippen LogP contribution in [0.25, 0.3) is 0 Å². The smallest absolute Gasteiger partial charge is 0.239 e. The molecule has 0 aromatic carbocycles. The van der Waals surface area contributed by atoms with E-state index in [1.807, 2.05) is 4.90 Å². The van der Waals surface area contributed by atoms with Crippen LogP contribution >= 0.6 is 0 Å². The number of nitrogens with two attached hydrogens (primary N) is 1. The van der Waals surface area contributed by atoms with Crippen LogP contribution in [0.3, 0.4) is 0 Å². The second-order valence-corrected chi connectivity index (χ2v) is 4.00. The van der Waals surface area contributed by atoms with Crippen molar-refractivity contribution < 1.29 is 4.79 Å². The highest BCUT2D eigenvalue weighted by atomic mass is 16.2. The largest absolute Gasteiger partial charge is 0.338 e. The molecule has 1 heterocycles. The number of hydrogen-bond acceptors (Lipinski definition) is 2. The first-order valence-corrected chi connectivity index (χ1v) is 4.76. The molecular formula is C9H16N2O. The summed E-state index contributed by atoms with van der Waals surface area (Å²) in [5.74, 6) is 0.925. The predicted octanol–water partition coefficient (Wildman–Crippen LogP) is 0.345. The molecule has 1 amide bonds. The quantitative estimate of drug-likeness (QED) is 0.646. The third-order valence-electron chi connectivity index (χ3n) is 3.08. The van der Waals surface area contributed by atoms with Gasteiger partial charge in [-0.2, -0.15) is 0 Å². The average Bonchev–Trinajstić information content (AvgIpc) is 2.82. The van der Waals surface area contributed by atoms with Crippen LogP contribution in [0.5, 0.6) is 0 Å². The van der Waals surface area contributed by atoms with Gasteiger partial charge >= 0.3 is 0 Å². The molecule has 0 aromatic rings. The molecule has 2 fully saturated rings. The van der Waals surface area contributed by atoms with E-state index in [0.29, 0.717) is 6.04 Å². The van der Waals surface area contributed by atoms with Gasteiger partial charge in [0.1, 0.15) is 0 Å². The molecule has 0 bridgehead atoms. The second kappa shape index (κ2) is 2.73. The SMILES string of the molecule is CC(C1CC1)N1CCC(N)C1=O. The lowest BCUT2D eigenvalue weighted by Crippen LogP contribution is -2.40. The van der Waals surface area contributed by atoms with Crippen LogP contribution in [0.15, 0.2) is 0 Å². The van der Waals surface area contributed by atoms with E-state index >= 15 is 0 Å². The van der Waals surface area contributed by atoms with E-state index in [4.69, 9.17) is 5.73 Å². The summed E-state index contributed by atoms with van der Waals surface area (Å²) in [6.07, 6.45) is 3.43. The van der Waals surface area contributed by atoms with Crippen molar-refractivity contribution in [1.29, 1.82) is 0 Å². The Morgan fingerprint density at radius 3 is 2.58 bits per heavy atom. The zero-order chi connectivity index (χ0) is 8.72. The van der Waals surface area contributed by atoms with Gasteiger partial charge in [0.05, 0.1) is 6.04 Å². The van der Waals surface area contributed by atoms with Gasteiger partial charge in [0.25, 0.3) is 0 Å². The molecule has 0 spiro atoms. The maximum Gasteiger partial charge on any atom is 0.239 e. The van der Waals surface area contributed by atoms with E-state index < -0.39 is 0 Å². The zero-order valence-electron chi connectivity index (χ0n) is 7.49. The number of rotatable bonds is 2. The first-order chi connectivity index (χ1) is 5.70. The Bertz CT molecular complexity index is 201. The minimum absolute atomic E-state index is 0.161. The summed E-state index contributed by atoms with van der Waals surface area (Å²) in [5, 5.41) is 0. The highest BCUT2D eigenvalue weighted by Crippen LogP contribution is 2.36. The lowest BCUT2D eigenvalue weighted by molar-refractivity contribution is -0.130. The summed E-state index contributed by atoms with van der Waals surface area (Å²) < 4.78 is 0. The number of carbonyl (C=O) groups excluding carboxylic acids is 1. The highest BCUT2D eigenvalue weighted by Gasteiger charge is 2.38. The van der Waals surface area contributed by atoms with Gasteiger partial charge < -0.3 is 10.6 Å². The van der Waals surface area contributed by atoms with E-state index in [1.165, 1.54) is 12.8 Å². The molecule has 2 rings (SSSR count). The van der Waals surface area contributed by atoms with Crippen LogP contribution in [0.2, 0.25) is 0 Å². The predicted molar refractivity (Wildman–Crippen MR) is 46.5 cm³/mol. The van der Waals surface area contributed by atoms with Gasteiger partial charge in [-0.15, -0.1) is 0 Å². The Morgan fingerprint density at radius 2 is 2.17 bits per heavy atom. The third kappa shape index (κ3) is 1.22. The summed E-state index contributed by atoms with van der Waals surface area (Å²) in [6.45, 7) is 3.02. The Morgan fingerprint density at radius 1 is 1.50 bits per heavy atom. The number of nitrogens with zero attached hydrogens (tertiary/aromatic N) is 1. The lowest BCUT2D eigenvalue weighted by atomic mass is 10.2. The number of amides is 1. The fourth-order valence-electron chi connectivity index (χ4n) is 1.96. The molecule has 2 unspecified atom stereocenters. The summed E-state index contributed by atoms with van der Waals surface area (Å²) in [6, 6.07) is 0.220. The van der Waals surface area contributed by atoms with Gasteiger partial charge in [-0.1, -0.05) is 0 Å². The van der Waals surface area contributed by atoms with Gasteiger partial charge in [-0.25, -0.2) is 0 Å². The molecule has 1 aliphatic heterocycles. The first kappa shape index (κ1) is 8.05. The number of likely N-dealkylation sites (tertiary alicyclic amines) is 1. The summed E-state index contributed by atoms with van der Waals surface area (Å²) in [5.41, 5.74) is 5.64. The highest BCUT2D eigenvalue weighted by molar-refractivity contribution is 5.84. The van der Waals surface area contributed by atoms with Crippen molar-refractivity contribution in [2.45, 2.75) is 38.3 Å². The Kier molecular flexibility index (Phi) is 1.83. The Balaban J connectivity index is 1.99.